The SMILES string of the molecule is CCS(=O)(=O)CCn1ccnc1C1CCN(C(=S)Nc2ccccc2C(F)(F)F)CC1. The number of aryl methyl sites for hydroxylation is 1. The van der Waals surface area contributed by atoms with E-state index in [0.29, 0.717) is 19.6 Å². The van der Waals surface area contributed by atoms with Gasteiger partial charge in [-0.15, -0.1) is 0 Å². The van der Waals surface area contributed by atoms with Gasteiger partial charge in [-0.2, -0.15) is 13.2 Å². The molecular formula is C20H25F3N4O2S2. The Hall–Kier alpha value is -2.14. The molecule has 2 heterocycles. The van der Waals surface area contributed by atoms with Crippen molar-refractivity contribution in [3.05, 3.63) is 48.0 Å². The molecule has 1 fully saturated rings. The lowest BCUT2D eigenvalue weighted by atomic mass is 9.96. The van der Waals surface area contributed by atoms with Crippen LogP contribution in [0.2, 0.25) is 0 Å². The summed E-state index contributed by atoms with van der Waals surface area (Å²) < 4.78 is 65.1. The second kappa shape index (κ2) is 9.56. The smallest absolute Gasteiger partial charge is 0.349 e. The third-order valence-corrected chi connectivity index (χ3v) is 7.50. The Morgan fingerprint density at radius 2 is 1.94 bits per heavy atom. The number of anilines is 1. The first-order chi connectivity index (χ1) is 14.6. The van der Waals surface area contributed by atoms with Crippen molar-refractivity contribution in [2.24, 2.45) is 0 Å². The fourth-order valence-electron chi connectivity index (χ4n) is 3.63. The van der Waals surface area contributed by atoms with Crippen molar-refractivity contribution in [3.8, 4) is 0 Å². The summed E-state index contributed by atoms with van der Waals surface area (Å²) in [6, 6.07) is 5.26. The zero-order valence-electron chi connectivity index (χ0n) is 17.1. The average Bonchev–Trinajstić information content (AvgIpc) is 3.21. The number of benzene rings is 1. The summed E-state index contributed by atoms with van der Waals surface area (Å²) in [7, 11) is -3.07. The quantitative estimate of drug-likeness (QED) is 0.641. The molecule has 170 valence electrons. The van der Waals surface area contributed by atoms with Crippen LogP contribution in [0.4, 0.5) is 18.9 Å². The van der Waals surface area contributed by atoms with E-state index in [1.807, 2.05) is 9.47 Å². The normalized spacial score (nSPS) is 15.8. The molecule has 2 aromatic rings. The number of nitrogens with one attached hydrogen (secondary N) is 1. The molecule has 3 rings (SSSR count). The van der Waals surface area contributed by atoms with E-state index in [4.69, 9.17) is 12.2 Å². The predicted molar refractivity (Wildman–Crippen MR) is 118 cm³/mol. The molecule has 0 amide bonds. The van der Waals surface area contributed by atoms with Gasteiger partial charge in [0.1, 0.15) is 5.82 Å². The largest absolute Gasteiger partial charge is 0.418 e. The Balaban J connectivity index is 1.60. The van der Waals surface area contributed by atoms with Crippen LogP contribution in [0.5, 0.6) is 0 Å². The van der Waals surface area contributed by atoms with Gasteiger partial charge in [-0.05, 0) is 37.2 Å². The molecule has 6 nitrogen and oxygen atoms in total. The Bertz CT molecular complexity index is 1010. The summed E-state index contributed by atoms with van der Waals surface area (Å²) in [6.07, 6.45) is 0.433. The third kappa shape index (κ3) is 5.97. The zero-order chi connectivity index (χ0) is 22.6. The predicted octanol–water partition coefficient (Wildman–Crippen LogP) is 3.91. The third-order valence-electron chi connectivity index (χ3n) is 5.45. The highest BCUT2D eigenvalue weighted by molar-refractivity contribution is 7.91. The number of thiocarbonyl (C=S) groups is 1. The number of piperidine rings is 1. The minimum atomic E-state index is -4.46. The number of alkyl halides is 3. The molecule has 1 aromatic heterocycles. The monoisotopic (exact) mass is 474 g/mol. The number of imidazole rings is 1. The summed E-state index contributed by atoms with van der Waals surface area (Å²) in [5, 5.41) is 3.00. The van der Waals surface area contributed by atoms with Crippen LogP contribution < -0.4 is 5.32 Å². The van der Waals surface area contributed by atoms with Gasteiger partial charge in [0.15, 0.2) is 14.9 Å². The van der Waals surface area contributed by atoms with Crippen molar-refractivity contribution in [3.63, 3.8) is 0 Å². The van der Waals surface area contributed by atoms with E-state index in [2.05, 4.69) is 10.3 Å². The Kier molecular flexibility index (Phi) is 7.25. The van der Waals surface area contributed by atoms with E-state index < -0.39 is 21.6 Å². The number of halogens is 3. The molecule has 0 radical (unpaired) electrons. The average molecular weight is 475 g/mol. The van der Waals surface area contributed by atoms with Crippen LogP contribution in [0.3, 0.4) is 0 Å². The topological polar surface area (TPSA) is 67.2 Å². The molecule has 0 aliphatic carbocycles. The van der Waals surface area contributed by atoms with Gasteiger partial charge in [0.05, 0.1) is 17.0 Å². The van der Waals surface area contributed by atoms with E-state index in [1.165, 1.54) is 18.2 Å². The first kappa shape index (κ1) is 23.5. The minimum absolute atomic E-state index is 0.0604. The summed E-state index contributed by atoms with van der Waals surface area (Å²) in [5.74, 6) is 1.16. The van der Waals surface area contributed by atoms with Crippen LogP contribution in [0.25, 0.3) is 0 Å². The number of likely N-dealkylation sites (tertiary alicyclic amines) is 1. The Morgan fingerprint density at radius 3 is 2.58 bits per heavy atom. The van der Waals surface area contributed by atoms with E-state index in [9.17, 15) is 21.6 Å². The van der Waals surface area contributed by atoms with E-state index in [1.54, 1.807) is 19.3 Å². The molecule has 11 heteroatoms. The molecule has 0 unspecified atom stereocenters. The van der Waals surface area contributed by atoms with Crippen LogP contribution in [0.15, 0.2) is 36.7 Å². The molecule has 1 aromatic carbocycles. The van der Waals surface area contributed by atoms with Crippen molar-refractivity contribution in [2.75, 3.05) is 29.9 Å². The van der Waals surface area contributed by atoms with Gasteiger partial charge in [-0.25, -0.2) is 13.4 Å². The number of nitrogens with zero attached hydrogens (tertiary/aromatic N) is 3. The standard InChI is InChI=1S/C20H25F3N4O2S2/c1-2-31(28,29)14-13-26-12-9-24-18(26)15-7-10-27(11-8-15)19(30)25-17-6-4-3-5-16(17)20(21,22)23/h3-6,9,12,15H,2,7-8,10-11,13-14H2,1H3,(H,25,30). The summed E-state index contributed by atoms with van der Waals surface area (Å²) in [4.78, 5) is 6.27. The number of sulfone groups is 1. The first-order valence-corrected chi connectivity index (χ1v) is 12.3. The summed E-state index contributed by atoms with van der Waals surface area (Å²) in [5.41, 5.74) is -0.814. The van der Waals surface area contributed by atoms with E-state index >= 15 is 0 Å². The molecule has 0 saturated carbocycles. The van der Waals surface area contributed by atoms with Crippen molar-refractivity contribution in [2.45, 2.75) is 38.4 Å². The van der Waals surface area contributed by atoms with Gasteiger partial charge >= 0.3 is 6.18 Å². The van der Waals surface area contributed by atoms with Crippen molar-refractivity contribution < 1.29 is 21.6 Å². The second-order valence-corrected chi connectivity index (χ2v) is 10.3. The van der Waals surface area contributed by atoms with E-state index in [0.717, 1.165) is 24.7 Å². The number of rotatable bonds is 6. The lowest BCUT2D eigenvalue weighted by molar-refractivity contribution is -0.136. The van der Waals surface area contributed by atoms with Crippen LogP contribution in [-0.2, 0) is 22.6 Å². The number of para-hydroxylation sites is 1. The number of hydrogen-bond acceptors (Lipinski definition) is 4. The van der Waals surface area contributed by atoms with Crippen LogP contribution in [0, 0.1) is 0 Å². The van der Waals surface area contributed by atoms with Crippen molar-refractivity contribution >= 4 is 32.9 Å². The van der Waals surface area contributed by atoms with Gasteiger partial charge in [-0.3, -0.25) is 0 Å². The van der Waals surface area contributed by atoms with Crippen molar-refractivity contribution in [1.82, 2.24) is 14.5 Å². The Morgan fingerprint density at radius 1 is 1.26 bits per heavy atom. The fraction of sp³-hybridized carbons (Fsp3) is 0.500. The second-order valence-electron chi connectivity index (χ2n) is 7.45. The Labute approximate surface area is 185 Å². The van der Waals surface area contributed by atoms with Gasteiger partial charge in [0, 0.05) is 43.7 Å². The van der Waals surface area contributed by atoms with Gasteiger partial charge in [0.25, 0.3) is 0 Å². The molecule has 0 spiro atoms. The molecule has 1 N–H and O–H groups in total. The number of hydrogen-bond donors (Lipinski definition) is 1. The minimum Gasteiger partial charge on any atom is -0.349 e. The van der Waals surface area contributed by atoms with E-state index in [-0.39, 0.29) is 28.2 Å². The summed E-state index contributed by atoms with van der Waals surface area (Å²) >= 11 is 5.36. The van der Waals surface area contributed by atoms with Crippen LogP contribution in [-0.4, -0.2) is 52.6 Å². The lowest BCUT2D eigenvalue weighted by Gasteiger charge is -2.34. The highest BCUT2D eigenvalue weighted by Gasteiger charge is 2.34. The lowest BCUT2D eigenvalue weighted by Crippen LogP contribution is -2.41. The molecule has 1 aliphatic rings. The highest BCUT2D eigenvalue weighted by Crippen LogP contribution is 2.35. The summed E-state index contributed by atoms with van der Waals surface area (Å²) in [6.45, 7) is 3.14. The molecule has 31 heavy (non-hydrogen) atoms. The fourth-order valence-corrected chi connectivity index (χ4v) is 4.68. The first-order valence-electron chi connectivity index (χ1n) is 10.0. The maximum Gasteiger partial charge on any atom is 0.418 e. The van der Waals surface area contributed by atoms with Gasteiger partial charge in [-0.1, -0.05) is 19.1 Å². The van der Waals surface area contributed by atoms with Gasteiger partial charge in [0.2, 0.25) is 0 Å². The van der Waals surface area contributed by atoms with Crippen LogP contribution in [0.1, 0.15) is 37.1 Å². The number of aromatic nitrogens is 2. The maximum atomic E-state index is 13.2. The molecular weight excluding hydrogens is 449 g/mol. The molecule has 1 saturated heterocycles. The molecule has 1 aliphatic heterocycles. The molecule has 0 atom stereocenters. The van der Waals surface area contributed by atoms with Crippen LogP contribution >= 0.6 is 12.2 Å². The highest BCUT2D eigenvalue weighted by atomic mass is 32.2. The molecule has 0 bridgehead atoms. The maximum absolute atomic E-state index is 13.2. The van der Waals surface area contributed by atoms with Crippen molar-refractivity contribution in [1.29, 1.82) is 0 Å². The zero-order valence-corrected chi connectivity index (χ0v) is 18.7. The van der Waals surface area contributed by atoms with Gasteiger partial charge < -0.3 is 14.8 Å².